The maximum absolute atomic E-state index is 11.7. The van der Waals surface area contributed by atoms with Crippen LogP contribution in [0.15, 0.2) is 30.3 Å². The van der Waals surface area contributed by atoms with E-state index in [-0.39, 0.29) is 19.4 Å². The predicted molar refractivity (Wildman–Crippen MR) is 84.9 cm³/mol. The quantitative estimate of drug-likeness (QED) is 0.561. The minimum Gasteiger partial charge on any atom is -0.461 e. The number of carbonyl (C=O) groups excluding carboxylic acids is 3. The van der Waals surface area contributed by atoms with Gasteiger partial charge in [-0.2, -0.15) is 0 Å². The van der Waals surface area contributed by atoms with Crippen molar-refractivity contribution in [2.24, 2.45) is 11.5 Å². The molecule has 1 aromatic rings. The van der Waals surface area contributed by atoms with Crippen LogP contribution in [0.4, 0.5) is 0 Å². The third kappa shape index (κ3) is 6.92. The molecule has 126 valence electrons. The molecule has 0 heterocycles. The molecule has 0 fully saturated rings. The van der Waals surface area contributed by atoms with Crippen LogP contribution < -0.4 is 16.8 Å². The second kappa shape index (κ2) is 9.58. The molecule has 7 nitrogen and oxygen atoms in total. The van der Waals surface area contributed by atoms with Gasteiger partial charge in [-0.25, -0.2) is 0 Å². The monoisotopic (exact) mass is 321 g/mol. The first-order valence-electron chi connectivity index (χ1n) is 7.48. The number of hydrogen-bond acceptors (Lipinski definition) is 5. The lowest BCUT2D eigenvalue weighted by atomic mass is 10.1. The van der Waals surface area contributed by atoms with Crippen LogP contribution in [0.5, 0.6) is 0 Å². The molecular weight excluding hydrogens is 298 g/mol. The number of carbonyl (C=O) groups is 3. The van der Waals surface area contributed by atoms with Crippen LogP contribution in [-0.2, 0) is 25.7 Å². The summed E-state index contributed by atoms with van der Waals surface area (Å²) in [6, 6.07) is 7.59. The van der Waals surface area contributed by atoms with Crippen LogP contribution >= 0.6 is 0 Å². The normalized spacial score (nSPS) is 13.0. The van der Waals surface area contributed by atoms with Crippen LogP contribution in [0.2, 0.25) is 0 Å². The van der Waals surface area contributed by atoms with Gasteiger partial charge >= 0.3 is 5.97 Å². The first kappa shape index (κ1) is 18.6. The summed E-state index contributed by atoms with van der Waals surface area (Å²) in [6.45, 7) is 1.92. The van der Waals surface area contributed by atoms with Gasteiger partial charge in [-0.15, -0.1) is 0 Å². The highest BCUT2D eigenvalue weighted by molar-refractivity contribution is 5.89. The van der Waals surface area contributed by atoms with Crippen molar-refractivity contribution in [1.82, 2.24) is 5.32 Å². The number of nitrogens with one attached hydrogen (secondary N) is 1. The van der Waals surface area contributed by atoms with Gasteiger partial charge in [0.2, 0.25) is 11.8 Å². The number of benzene rings is 1. The summed E-state index contributed by atoms with van der Waals surface area (Å²) in [4.78, 5) is 34.7. The molecule has 1 rings (SSSR count). The second-order valence-electron chi connectivity index (χ2n) is 5.16. The lowest BCUT2D eigenvalue weighted by molar-refractivity contribution is -0.145. The fraction of sp³-hybridized carbons (Fsp3) is 0.438. The largest absolute Gasteiger partial charge is 0.461 e. The first-order valence-corrected chi connectivity index (χ1v) is 7.48. The molecule has 1 unspecified atom stereocenters. The summed E-state index contributed by atoms with van der Waals surface area (Å²) in [5.74, 6) is -1.64. The highest BCUT2D eigenvalue weighted by Crippen LogP contribution is 2.05. The molecule has 0 aliphatic rings. The Bertz CT molecular complexity index is 533. The lowest BCUT2D eigenvalue weighted by Crippen LogP contribution is -2.50. The van der Waals surface area contributed by atoms with Gasteiger partial charge in [-0.1, -0.05) is 37.3 Å². The topological polar surface area (TPSA) is 125 Å². The molecule has 0 radical (unpaired) electrons. The molecule has 0 aliphatic heterocycles. The van der Waals surface area contributed by atoms with Gasteiger partial charge in [0, 0.05) is 6.42 Å². The van der Waals surface area contributed by atoms with Gasteiger partial charge in [0.25, 0.3) is 0 Å². The maximum Gasteiger partial charge on any atom is 0.306 e. The molecule has 5 N–H and O–H groups in total. The van der Waals surface area contributed by atoms with E-state index in [4.69, 9.17) is 16.2 Å². The van der Waals surface area contributed by atoms with Gasteiger partial charge in [-0.3, -0.25) is 14.4 Å². The maximum atomic E-state index is 11.7. The number of hydrogen-bond donors (Lipinski definition) is 3. The van der Waals surface area contributed by atoms with E-state index in [0.29, 0.717) is 6.42 Å². The third-order valence-corrected chi connectivity index (χ3v) is 3.32. The fourth-order valence-corrected chi connectivity index (χ4v) is 1.82. The molecule has 0 spiro atoms. The van der Waals surface area contributed by atoms with Crippen LogP contribution in [0.25, 0.3) is 0 Å². The first-order chi connectivity index (χ1) is 10.9. The van der Waals surface area contributed by atoms with E-state index >= 15 is 0 Å². The Morgan fingerprint density at radius 1 is 1.22 bits per heavy atom. The molecule has 7 heteroatoms. The van der Waals surface area contributed by atoms with E-state index in [1.807, 2.05) is 30.3 Å². The predicted octanol–water partition coefficient (Wildman–Crippen LogP) is 0.217. The average Bonchev–Trinajstić information content (AvgIpc) is 2.56. The number of esters is 1. The van der Waals surface area contributed by atoms with E-state index < -0.39 is 29.9 Å². The molecule has 1 aromatic carbocycles. The Morgan fingerprint density at radius 3 is 2.43 bits per heavy atom. The van der Waals surface area contributed by atoms with E-state index in [9.17, 15) is 14.4 Å². The SMILES string of the molecule is CCC(N)C(=O)N[C@H](CCC(=O)OCc1ccccc1)C(N)=O. The van der Waals surface area contributed by atoms with Crippen LogP contribution in [-0.4, -0.2) is 29.9 Å². The average molecular weight is 321 g/mol. The summed E-state index contributed by atoms with van der Waals surface area (Å²) in [5, 5.41) is 2.45. The van der Waals surface area contributed by atoms with Crippen molar-refractivity contribution in [2.45, 2.75) is 44.9 Å². The molecular formula is C16H23N3O4. The minimum absolute atomic E-state index is 0.0257. The highest BCUT2D eigenvalue weighted by atomic mass is 16.5. The zero-order chi connectivity index (χ0) is 17.2. The molecule has 2 atom stereocenters. The molecule has 0 aromatic heterocycles. The molecule has 0 bridgehead atoms. The van der Waals surface area contributed by atoms with Gasteiger partial charge in [0.05, 0.1) is 6.04 Å². The summed E-state index contributed by atoms with van der Waals surface area (Å²) in [7, 11) is 0. The summed E-state index contributed by atoms with van der Waals surface area (Å²) >= 11 is 0. The summed E-state index contributed by atoms with van der Waals surface area (Å²) in [6.07, 6.45) is 0.490. The Hall–Kier alpha value is -2.41. The van der Waals surface area contributed by atoms with E-state index in [1.54, 1.807) is 6.92 Å². The van der Waals surface area contributed by atoms with Gasteiger partial charge in [0.15, 0.2) is 0 Å². The number of rotatable bonds is 9. The smallest absolute Gasteiger partial charge is 0.306 e. The van der Waals surface area contributed by atoms with Crippen LogP contribution in [0.1, 0.15) is 31.7 Å². The molecule has 0 aliphatic carbocycles. The third-order valence-electron chi connectivity index (χ3n) is 3.32. The van der Waals surface area contributed by atoms with Crippen LogP contribution in [0, 0.1) is 0 Å². The van der Waals surface area contributed by atoms with Gasteiger partial charge in [-0.05, 0) is 18.4 Å². The Balaban J connectivity index is 2.41. The second-order valence-corrected chi connectivity index (χ2v) is 5.16. The number of ether oxygens (including phenoxy) is 1. The van der Waals surface area contributed by atoms with Gasteiger partial charge in [0.1, 0.15) is 12.6 Å². The summed E-state index contributed by atoms with van der Waals surface area (Å²) in [5.41, 5.74) is 11.7. The van der Waals surface area contributed by atoms with Gasteiger partial charge < -0.3 is 21.5 Å². The Labute approximate surface area is 135 Å². The van der Waals surface area contributed by atoms with E-state index in [0.717, 1.165) is 5.56 Å². The highest BCUT2D eigenvalue weighted by Gasteiger charge is 2.22. The zero-order valence-corrected chi connectivity index (χ0v) is 13.2. The summed E-state index contributed by atoms with van der Waals surface area (Å²) < 4.78 is 5.10. The molecule has 0 saturated carbocycles. The Kier molecular flexibility index (Phi) is 7.76. The van der Waals surface area contributed by atoms with Crippen molar-refractivity contribution in [1.29, 1.82) is 0 Å². The van der Waals surface area contributed by atoms with Crippen molar-refractivity contribution in [2.75, 3.05) is 0 Å². The molecule has 0 saturated heterocycles. The molecule has 2 amide bonds. The lowest BCUT2D eigenvalue weighted by Gasteiger charge is -2.17. The minimum atomic E-state index is -0.940. The van der Waals surface area contributed by atoms with Crippen LogP contribution in [0.3, 0.4) is 0 Å². The zero-order valence-electron chi connectivity index (χ0n) is 13.2. The van der Waals surface area contributed by atoms with E-state index in [1.165, 1.54) is 0 Å². The number of nitrogens with two attached hydrogens (primary N) is 2. The van der Waals surface area contributed by atoms with Crippen molar-refractivity contribution in [3.63, 3.8) is 0 Å². The fourth-order valence-electron chi connectivity index (χ4n) is 1.82. The van der Waals surface area contributed by atoms with E-state index in [2.05, 4.69) is 5.32 Å². The number of primary amides is 1. The number of amides is 2. The van der Waals surface area contributed by atoms with Crippen molar-refractivity contribution in [3.8, 4) is 0 Å². The standard InChI is InChI=1S/C16H23N3O4/c1-2-12(17)16(22)19-13(15(18)21)8-9-14(20)23-10-11-6-4-3-5-7-11/h3-7,12-13H,2,8-10,17H2,1H3,(H2,18,21)(H,19,22)/t12?,13-/m1/s1. The van der Waals surface area contributed by atoms with Crippen molar-refractivity contribution >= 4 is 17.8 Å². The van der Waals surface area contributed by atoms with Crippen molar-refractivity contribution in [3.05, 3.63) is 35.9 Å². The van der Waals surface area contributed by atoms with Crippen molar-refractivity contribution < 1.29 is 19.1 Å². The molecule has 23 heavy (non-hydrogen) atoms. The Morgan fingerprint density at radius 2 is 1.87 bits per heavy atom.